The standard InChI is InChI=1S/C9H11NO3/c1-7(10(12)13)9(11)8-5-3-2-4-6-8/h2-7,9,11H,1H3/t7-,9-/m0/s1. The van der Waals surface area contributed by atoms with E-state index in [1.807, 2.05) is 0 Å². The van der Waals surface area contributed by atoms with Crippen LogP contribution >= 0.6 is 0 Å². The Bertz CT molecular complexity index is 286. The Labute approximate surface area is 76.0 Å². The Balaban J connectivity index is 2.79. The van der Waals surface area contributed by atoms with Crippen molar-refractivity contribution in [3.8, 4) is 0 Å². The van der Waals surface area contributed by atoms with Crippen molar-refractivity contribution in [2.45, 2.75) is 19.1 Å². The van der Waals surface area contributed by atoms with Crippen molar-refractivity contribution in [1.82, 2.24) is 0 Å². The molecule has 4 nitrogen and oxygen atoms in total. The lowest BCUT2D eigenvalue weighted by molar-refractivity contribution is -0.531. The minimum absolute atomic E-state index is 0.488. The SMILES string of the molecule is C[C@@H]([C@H](O)c1ccccc1)[N+](=O)[O-]. The van der Waals surface area contributed by atoms with Gasteiger partial charge in [-0.2, -0.15) is 0 Å². The molecule has 13 heavy (non-hydrogen) atoms. The highest BCUT2D eigenvalue weighted by atomic mass is 16.6. The van der Waals surface area contributed by atoms with Gasteiger partial charge in [-0.05, 0) is 5.56 Å². The molecule has 0 amide bonds. The van der Waals surface area contributed by atoms with Gasteiger partial charge >= 0.3 is 0 Å². The zero-order valence-corrected chi connectivity index (χ0v) is 7.25. The average Bonchev–Trinajstić information content (AvgIpc) is 2.17. The van der Waals surface area contributed by atoms with Crippen LogP contribution in [0.3, 0.4) is 0 Å². The first kappa shape index (κ1) is 9.67. The summed E-state index contributed by atoms with van der Waals surface area (Å²) in [6, 6.07) is 7.65. The van der Waals surface area contributed by atoms with Crippen molar-refractivity contribution in [1.29, 1.82) is 0 Å². The Morgan fingerprint density at radius 1 is 1.38 bits per heavy atom. The van der Waals surface area contributed by atoms with E-state index in [-0.39, 0.29) is 0 Å². The predicted molar refractivity (Wildman–Crippen MR) is 47.9 cm³/mol. The number of rotatable bonds is 3. The largest absolute Gasteiger partial charge is 0.381 e. The van der Waals surface area contributed by atoms with E-state index in [1.165, 1.54) is 6.92 Å². The lowest BCUT2D eigenvalue weighted by atomic mass is 10.0. The lowest BCUT2D eigenvalue weighted by Crippen LogP contribution is -2.23. The third kappa shape index (κ3) is 2.26. The number of hydrogen-bond acceptors (Lipinski definition) is 3. The van der Waals surface area contributed by atoms with Gasteiger partial charge in [0.2, 0.25) is 6.04 Å². The number of nitro groups is 1. The van der Waals surface area contributed by atoms with E-state index < -0.39 is 17.1 Å². The summed E-state index contributed by atoms with van der Waals surface area (Å²) in [7, 11) is 0. The normalized spacial score (nSPS) is 14.9. The van der Waals surface area contributed by atoms with Crippen LogP contribution in [0.4, 0.5) is 0 Å². The van der Waals surface area contributed by atoms with Crippen LogP contribution in [0.15, 0.2) is 30.3 Å². The van der Waals surface area contributed by atoms with Gasteiger partial charge < -0.3 is 5.11 Å². The van der Waals surface area contributed by atoms with Gasteiger partial charge in [0, 0.05) is 11.8 Å². The van der Waals surface area contributed by atoms with Gasteiger partial charge in [0.05, 0.1) is 0 Å². The van der Waals surface area contributed by atoms with Crippen LogP contribution in [-0.4, -0.2) is 16.1 Å². The van der Waals surface area contributed by atoms with Gasteiger partial charge in [-0.25, -0.2) is 0 Å². The maximum Gasteiger partial charge on any atom is 0.239 e. The van der Waals surface area contributed by atoms with Crippen molar-refractivity contribution in [3.05, 3.63) is 46.0 Å². The Morgan fingerprint density at radius 2 is 1.92 bits per heavy atom. The van der Waals surface area contributed by atoms with Crippen LogP contribution in [0.2, 0.25) is 0 Å². The van der Waals surface area contributed by atoms with Crippen LogP contribution in [0.5, 0.6) is 0 Å². The van der Waals surface area contributed by atoms with Crippen LogP contribution < -0.4 is 0 Å². The highest BCUT2D eigenvalue weighted by molar-refractivity contribution is 5.17. The summed E-state index contributed by atoms with van der Waals surface area (Å²) >= 11 is 0. The maximum absolute atomic E-state index is 10.4. The van der Waals surface area contributed by atoms with E-state index in [9.17, 15) is 15.2 Å². The molecule has 0 spiro atoms. The van der Waals surface area contributed by atoms with Crippen molar-refractivity contribution in [2.24, 2.45) is 0 Å². The summed E-state index contributed by atoms with van der Waals surface area (Å²) in [6.45, 7) is 1.39. The fraction of sp³-hybridized carbons (Fsp3) is 0.333. The lowest BCUT2D eigenvalue weighted by Gasteiger charge is -2.11. The third-order valence-corrected chi connectivity index (χ3v) is 1.93. The zero-order valence-electron chi connectivity index (χ0n) is 7.25. The highest BCUT2D eigenvalue weighted by Gasteiger charge is 2.25. The molecule has 4 heteroatoms. The Hall–Kier alpha value is -1.42. The Morgan fingerprint density at radius 3 is 2.38 bits per heavy atom. The van der Waals surface area contributed by atoms with E-state index >= 15 is 0 Å². The monoisotopic (exact) mass is 181 g/mol. The predicted octanol–water partition coefficient (Wildman–Crippen LogP) is 1.39. The fourth-order valence-corrected chi connectivity index (χ4v) is 1.04. The molecular weight excluding hydrogens is 170 g/mol. The summed E-state index contributed by atoms with van der Waals surface area (Å²) < 4.78 is 0. The maximum atomic E-state index is 10.4. The number of nitrogens with zero attached hydrogens (tertiary/aromatic N) is 1. The quantitative estimate of drug-likeness (QED) is 0.566. The molecule has 0 radical (unpaired) electrons. The van der Waals surface area contributed by atoms with Crippen LogP contribution in [-0.2, 0) is 0 Å². The van der Waals surface area contributed by atoms with Gasteiger partial charge in [0.15, 0.2) is 0 Å². The van der Waals surface area contributed by atoms with Gasteiger partial charge in [-0.3, -0.25) is 10.1 Å². The van der Waals surface area contributed by atoms with Crippen molar-refractivity contribution >= 4 is 0 Å². The van der Waals surface area contributed by atoms with Crippen molar-refractivity contribution < 1.29 is 10.0 Å². The molecule has 1 aromatic carbocycles. The number of aliphatic hydroxyl groups excluding tert-OH is 1. The summed E-state index contributed by atoms with van der Waals surface area (Å²) in [5.41, 5.74) is 0.576. The molecule has 0 aliphatic carbocycles. The van der Waals surface area contributed by atoms with Gasteiger partial charge in [0.1, 0.15) is 6.10 Å². The average molecular weight is 181 g/mol. The molecule has 70 valence electrons. The minimum atomic E-state index is -1.03. The minimum Gasteiger partial charge on any atom is -0.381 e. The molecular formula is C9H11NO3. The van der Waals surface area contributed by atoms with Gasteiger partial charge in [-0.1, -0.05) is 30.3 Å². The molecule has 0 heterocycles. The molecule has 2 atom stereocenters. The molecule has 0 bridgehead atoms. The first-order valence-corrected chi connectivity index (χ1v) is 3.99. The summed E-state index contributed by atoms with van der Waals surface area (Å²) in [6.07, 6.45) is -1.03. The highest BCUT2D eigenvalue weighted by Crippen LogP contribution is 2.17. The van der Waals surface area contributed by atoms with Crippen molar-refractivity contribution in [3.63, 3.8) is 0 Å². The first-order valence-electron chi connectivity index (χ1n) is 3.99. The summed E-state index contributed by atoms with van der Waals surface area (Å²) in [5.74, 6) is 0. The summed E-state index contributed by atoms with van der Waals surface area (Å²) in [4.78, 5) is 9.87. The Kier molecular flexibility index (Phi) is 2.97. The molecule has 1 rings (SSSR count). The second-order valence-electron chi connectivity index (χ2n) is 2.88. The first-order chi connectivity index (χ1) is 6.13. The van der Waals surface area contributed by atoms with E-state index in [0.29, 0.717) is 5.56 Å². The van der Waals surface area contributed by atoms with E-state index in [0.717, 1.165) is 0 Å². The molecule has 0 aromatic heterocycles. The number of hydrogen-bond donors (Lipinski definition) is 1. The molecule has 1 aromatic rings. The van der Waals surface area contributed by atoms with Crippen LogP contribution in [0.1, 0.15) is 18.6 Å². The molecule has 0 saturated carbocycles. The summed E-state index contributed by atoms with van der Waals surface area (Å²) in [5, 5.41) is 19.9. The fourth-order valence-electron chi connectivity index (χ4n) is 1.04. The van der Waals surface area contributed by atoms with E-state index in [2.05, 4.69) is 0 Å². The molecule has 0 aliphatic heterocycles. The van der Waals surface area contributed by atoms with Crippen LogP contribution in [0.25, 0.3) is 0 Å². The smallest absolute Gasteiger partial charge is 0.239 e. The second-order valence-corrected chi connectivity index (χ2v) is 2.88. The molecule has 0 unspecified atom stereocenters. The molecule has 0 saturated heterocycles. The molecule has 0 fully saturated rings. The zero-order chi connectivity index (χ0) is 9.84. The van der Waals surface area contributed by atoms with Gasteiger partial charge in [-0.15, -0.1) is 0 Å². The topological polar surface area (TPSA) is 63.4 Å². The van der Waals surface area contributed by atoms with Crippen molar-refractivity contribution in [2.75, 3.05) is 0 Å². The second kappa shape index (κ2) is 4.00. The number of aliphatic hydroxyl groups is 1. The van der Waals surface area contributed by atoms with E-state index in [1.54, 1.807) is 30.3 Å². The molecule has 1 N–H and O–H groups in total. The number of benzene rings is 1. The molecule has 0 aliphatic rings. The van der Waals surface area contributed by atoms with Gasteiger partial charge in [0.25, 0.3) is 0 Å². The van der Waals surface area contributed by atoms with E-state index in [4.69, 9.17) is 0 Å². The third-order valence-electron chi connectivity index (χ3n) is 1.93. The van der Waals surface area contributed by atoms with Crippen LogP contribution in [0, 0.1) is 10.1 Å².